The fourth-order valence-electron chi connectivity index (χ4n) is 2.80. The molecule has 132 valence electrons. The fraction of sp³-hybridized carbons (Fsp3) is 0.389. The van der Waals surface area contributed by atoms with Crippen molar-refractivity contribution in [2.75, 3.05) is 25.1 Å². The Balaban J connectivity index is 1.76. The molecule has 1 aliphatic rings. The number of methoxy groups -OCH3 is 1. The smallest absolute Gasteiger partial charge is 0.335 e. The predicted octanol–water partition coefficient (Wildman–Crippen LogP) is 3.21. The van der Waals surface area contributed by atoms with Crippen LogP contribution in [-0.2, 0) is 17.1 Å². The molecule has 1 saturated heterocycles. The zero-order valence-corrected chi connectivity index (χ0v) is 15.0. The lowest BCUT2D eigenvalue weighted by Crippen LogP contribution is -2.20. The van der Waals surface area contributed by atoms with Gasteiger partial charge in [0.1, 0.15) is 5.82 Å². The van der Waals surface area contributed by atoms with E-state index in [9.17, 15) is 4.79 Å². The highest BCUT2D eigenvalue weighted by Gasteiger charge is 2.16. The third-order valence-corrected chi connectivity index (χ3v) is 4.93. The molecule has 0 unspecified atom stereocenters. The minimum Gasteiger partial charge on any atom is -0.478 e. The largest absolute Gasteiger partial charge is 0.478 e. The van der Waals surface area contributed by atoms with Gasteiger partial charge in [-0.15, -0.1) is 0 Å². The molecule has 1 N–H and O–H groups in total. The number of ether oxygens (including phenoxy) is 1. The first-order valence-electron chi connectivity index (χ1n) is 8.22. The summed E-state index contributed by atoms with van der Waals surface area (Å²) in [4.78, 5) is 22.6. The van der Waals surface area contributed by atoms with Gasteiger partial charge < -0.3 is 14.7 Å². The first-order valence-corrected chi connectivity index (χ1v) is 9.21. The van der Waals surface area contributed by atoms with Crippen LogP contribution in [0.3, 0.4) is 0 Å². The van der Waals surface area contributed by atoms with Crippen LogP contribution in [0.1, 0.15) is 34.5 Å². The molecule has 3 rings (SSSR count). The molecule has 1 fully saturated rings. The van der Waals surface area contributed by atoms with Crippen molar-refractivity contribution in [3.05, 3.63) is 47.2 Å². The number of anilines is 1. The van der Waals surface area contributed by atoms with Crippen LogP contribution in [0.25, 0.3) is 0 Å². The summed E-state index contributed by atoms with van der Waals surface area (Å²) in [5.41, 5.74) is 2.10. The Morgan fingerprint density at radius 1 is 1.28 bits per heavy atom. The summed E-state index contributed by atoms with van der Waals surface area (Å²) < 4.78 is 5.22. The summed E-state index contributed by atoms with van der Waals surface area (Å²) in [5, 5.41) is 9.79. The van der Waals surface area contributed by atoms with Gasteiger partial charge in [0.25, 0.3) is 0 Å². The van der Waals surface area contributed by atoms with Gasteiger partial charge in [-0.25, -0.2) is 14.8 Å². The lowest BCUT2D eigenvalue weighted by molar-refractivity contribution is 0.0697. The highest BCUT2D eigenvalue weighted by Crippen LogP contribution is 2.25. The molecule has 0 bridgehead atoms. The van der Waals surface area contributed by atoms with Crippen LogP contribution in [0.5, 0.6) is 0 Å². The third-order valence-electron chi connectivity index (χ3n) is 4.01. The molecule has 0 aliphatic carbocycles. The second-order valence-corrected chi connectivity index (χ2v) is 6.86. The van der Waals surface area contributed by atoms with Crippen molar-refractivity contribution in [1.29, 1.82) is 0 Å². The van der Waals surface area contributed by atoms with Gasteiger partial charge in [0, 0.05) is 32.0 Å². The summed E-state index contributed by atoms with van der Waals surface area (Å²) >= 11 is 1.51. The van der Waals surface area contributed by atoms with Gasteiger partial charge in [-0.05, 0) is 30.5 Å². The molecular weight excluding hydrogens is 338 g/mol. The van der Waals surface area contributed by atoms with Crippen LogP contribution >= 0.6 is 11.8 Å². The van der Waals surface area contributed by atoms with Crippen LogP contribution in [0.2, 0.25) is 0 Å². The van der Waals surface area contributed by atoms with Gasteiger partial charge in [-0.1, -0.05) is 23.9 Å². The van der Waals surface area contributed by atoms with E-state index in [0.29, 0.717) is 23.1 Å². The summed E-state index contributed by atoms with van der Waals surface area (Å²) in [6, 6.07) is 8.95. The van der Waals surface area contributed by atoms with E-state index >= 15 is 0 Å². The summed E-state index contributed by atoms with van der Waals surface area (Å²) in [5.74, 6) is 0.652. The van der Waals surface area contributed by atoms with Crippen molar-refractivity contribution in [1.82, 2.24) is 9.97 Å². The molecule has 0 radical (unpaired) electrons. The molecule has 0 atom stereocenters. The number of hydrogen-bond acceptors (Lipinski definition) is 6. The number of rotatable bonds is 7. The van der Waals surface area contributed by atoms with E-state index in [1.807, 2.05) is 12.1 Å². The molecule has 0 saturated carbocycles. The standard InChI is InChI=1S/C18H21N3O3S/c1-24-11-15-10-16(21-7-2-3-8-21)20-18(19-15)25-12-13-5-4-6-14(9-13)17(22)23/h4-6,9-10H,2-3,7-8,11-12H2,1H3,(H,22,23). The highest BCUT2D eigenvalue weighted by molar-refractivity contribution is 7.98. The van der Waals surface area contributed by atoms with Crippen molar-refractivity contribution >= 4 is 23.5 Å². The molecule has 6 nitrogen and oxygen atoms in total. The second kappa shape index (κ2) is 8.31. The van der Waals surface area contributed by atoms with E-state index < -0.39 is 5.97 Å². The first-order chi connectivity index (χ1) is 12.2. The van der Waals surface area contributed by atoms with Gasteiger partial charge in [0.15, 0.2) is 5.16 Å². The Bertz CT molecular complexity index is 748. The van der Waals surface area contributed by atoms with Crippen molar-refractivity contribution in [3.8, 4) is 0 Å². The SMILES string of the molecule is COCc1cc(N2CCCC2)nc(SCc2cccc(C(=O)O)c2)n1. The average Bonchev–Trinajstić information content (AvgIpc) is 3.15. The summed E-state index contributed by atoms with van der Waals surface area (Å²) in [7, 11) is 1.65. The molecule has 1 aromatic carbocycles. The van der Waals surface area contributed by atoms with Crippen molar-refractivity contribution in [2.24, 2.45) is 0 Å². The Morgan fingerprint density at radius 3 is 2.80 bits per heavy atom. The van der Waals surface area contributed by atoms with E-state index in [2.05, 4.69) is 14.9 Å². The number of thioether (sulfide) groups is 1. The zero-order valence-electron chi connectivity index (χ0n) is 14.1. The number of benzene rings is 1. The van der Waals surface area contributed by atoms with Crippen LogP contribution in [0, 0.1) is 0 Å². The van der Waals surface area contributed by atoms with Crippen LogP contribution in [0.4, 0.5) is 5.82 Å². The number of carboxylic acids is 1. The van der Waals surface area contributed by atoms with Gasteiger partial charge >= 0.3 is 5.97 Å². The molecular formula is C18H21N3O3S. The Labute approximate surface area is 151 Å². The van der Waals surface area contributed by atoms with Crippen molar-refractivity contribution in [2.45, 2.75) is 30.4 Å². The number of carboxylic acid groups (broad SMARTS) is 1. The maximum absolute atomic E-state index is 11.1. The molecule has 1 aromatic heterocycles. The first kappa shape index (κ1) is 17.7. The number of aromatic nitrogens is 2. The van der Waals surface area contributed by atoms with E-state index in [1.165, 1.54) is 24.6 Å². The lowest BCUT2D eigenvalue weighted by atomic mass is 10.1. The number of hydrogen-bond donors (Lipinski definition) is 1. The molecule has 0 amide bonds. The van der Waals surface area contributed by atoms with Crippen molar-refractivity contribution < 1.29 is 14.6 Å². The maximum atomic E-state index is 11.1. The van der Waals surface area contributed by atoms with Crippen LogP contribution < -0.4 is 4.90 Å². The third kappa shape index (κ3) is 4.70. The zero-order chi connectivity index (χ0) is 17.6. The lowest BCUT2D eigenvalue weighted by Gasteiger charge is -2.17. The summed E-state index contributed by atoms with van der Waals surface area (Å²) in [6.07, 6.45) is 2.38. The van der Waals surface area contributed by atoms with Crippen molar-refractivity contribution in [3.63, 3.8) is 0 Å². The Hall–Kier alpha value is -2.12. The maximum Gasteiger partial charge on any atom is 0.335 e. The number of nitrogens with zero attached hydrogens (tertiary/aromatic N) is 3. The Kier molecular flexibility index (Phi) is 5.88. The van der Waals surface area contributed by atoms with Crippen LogP contribution in [-0.4, -0.2) is 41.2 Å². The predicted molar refractivity (Wildman–Crippen MR) is 97.2 cm³/mol. The van der Waals surface area contributed by atoms with Gasteiger partial charge in [0.2, 0.25) is 0 Å². The quantitative estimate of drug-likeness (QED) is 0.601. The van der Waals surface area contributed by atoms with E-state index in [4.69, 9.17) is 9.84 Å². The van der Waals surface area contributed by atoms with E-state index in [-0.39, 0.29) is 0 Å². The molecule has 2 heterocycles. The minimum absolute atomic E-state index is 0.296. The minimum atomic E-state index is -0.915. The fourth-order valence-corrected chi connectivity index (χ4v) is 3.61. The molecule has 7 heteroatoms. The Morgan fingerprint density at radius 2 is 2.08 bits per heavy atom. The second-order valence-electron chi connectivity index (χ2n) is 5.92. The average molecular weight is 359 g/mol. The molecule has 2 aromatic rings. The highest BCUT2D eigenvalue weighted by atomic mass is 32.2. The van der Waals surface area contributed by atoms with Gasteiger partial charge in [0.05, 0.1) is 17.9 Å². The normalized spacial score (nSPS) is 14.0. The monoisotopic (exact) mass is 359 g/mol. The van der Waals surface area contributed by atoms with Gasteiger partial charge in [-0.2, -0.15) is 0 Å². The number of carbonyl (C=O) groups is 1. The van der Waals surface area contributed by atoms with Gasteiger partial charge in [-0.3, -0.25) is 0 Å². The molecule has 0 spiro atoms. The van der Waals surface area contributed by atoms with Crippen LogP contribution in [0.15, 0.2) is 35.5 Å². The number of aromatic carboxylic acids is 1. The van der Waals surface area contributed by atoms with E-state index in [1.54, 1.807) is 25.3 Å². The molecule has 1 aliphatic heterocycles. The van der Waals surface area contributed by atoms with E-state index in [0.717, 1.165) is 30.2 Å². The molecule has 25 heavy (non-hydrogen) atoms. The summed E-state index contributed by atoms with van der Waals surface area (Å²) in [6.45, 7) is 2.49. The topological polar surface area (TPSA) is 75.5 Å².